The SMILES string of the molecule is CCCCOCCOCOCCO. The van der Waals surface area contributed by atoms with Gasteiger partial charge in [-0.05, 0) is 6.42 Å². The largest absolute Gasteiger partial charge is 0.394 e. The molecular weight excluding hydrogens is 172 g/mol. The van der Waals surface area contributed by atoms with Gasteiger partial charge in [-0.2, -0.15) is 0 Å². The van der Waals surface area contributed by atoms with Crippen LogP contribution in [0.25, 0.3) is 0 Å². The molecule has 0 saturated heterocycles. The van der Waals surface area contributed by atoms with E-state index in [2.05, 4.69) is 6.92 Å². The standard InChI is InChI=1S/C9H20O4/c1-2-3-5-11-7-8-13-9-12-6-4-10/h10H,2-9H2,1H3. The lowest BCUT2D eigenvalue weighted by Crippen LogP contribution is -2.09. The average Bonchev–Trinajstić information content (AvgIpc) is 2.16. The molecule has 0 heterocycles. The van der Waals surface area contributed by atoms with Crippen molar-refractivity contribution in [1.82, 2.24) is 0 Å². The van der Waals surface area contributed by atoms with E-state index < -0.39 is 0 Å². The van der Waals surface area contributed by atoms with Crippen molar-refractivity contribution in [3.63, 3.8) is 0 Å². The van der Waals surface area contributed by atoms with Gasteiger partial charge in [-0.15, -0.1) is 0 Å². The summed E-state index contributed by atoms with van der Waals surface area (Å²) in [4.78, 5) is 0. The first-order chi connectivity index (χ1) is 6.41. The number of unbranched alkanes of at least 4 members (excludes halogenated alkanes) is 1. The van der Waals surface area contributed by atoms with Crippen LogP contribution in [0, 0.1) is 0 Å². The molecule has 0 spiro atoms. The lowest BCUT2D eigenvalue weighted by atomic mass is 10.4. The van der Waals surface area contributed by atoms with E-state index in [1.807, 2.05) is 0 Å². The van der Waals surface area contributed by atoms with Crippen molar-refractivity contribution in [1.29, 1.82) is 0 Å². The van der Waals surface area contributed by atoms with E-state index in [0.29, 0.717) is 19.8 Å². The maximum Gasteiger partial charge on any atom is 0.146 e. The molecule has 0 amide bonds. The summed E-state index contributed by atoms with van der Waals surface area (Å²) in [5, 5.41) is 8.36. The minimum Gasteiger partial charge on any atom is -0.394 e. The number of aliphatic hydroxyl groups is 1. The van der Waals surface area contributed by atoms with E-state index in [-0.39, 0.29) is 13.4 Å². The summed E-state index contributed by atoms with van der Waals surface area (Å²) in [7, 11) is 0. The third-order valence-corrected chi connectivity index (χ3v) is 1.42. The molecule has 0 aromatic heterocycles. The molecule has 0 bridgehead atoms. The smallest absolute Gasteiger partial charge is 0.146 e. The van der Waals surface area contributed by atoms with E-state index in [9.17, 15) is 0 Å². The fourth-order valence-electron chi connectivity index (χ4n) is 0.708. The van der Waals surface area contributed by atoms with Crippen LogP contribution in [0.3, 0.4) is 0 Å². The highest BCUT2D eigenvalue weighted by Gasteiger charge is 1.89. The monoisotopic (exact) mass is 192 g/mol. The van der Waals surface area contributed by atoms with Gasteiger partial charge in [-0.25, -0.2) is 0 Å². The Kier molecular flexibility index (Phi) is 11.7. The molecule has 0 radical (unpaired) electrons. The maximum absolute atomic E-state index is 8.36. The first kappa shape index (κ1) is 12.8. The first-order valence-electron chi connectivity index (χ1n) is 4.76. The van der Waals surface area contributed by atoms with Crippen LogP contribution in [0.2, 0.25) is 0 Å². The highest BCUT2D eigenvalue weighted by Crippen LogP contribution is 1.87. The minimum absolute atomic E-state index is 0.0381. The van der Waals surface area contributed by atoms with Crippen LogP contribution in [0.4, 0.5) is 0 Å². The van der Waals surface area contributed by atoms with Crippen molar-refractivity contribution in [2.45, 2.75) is 19.8 Å². The highest BCUT2D eigenvalue weighted by atomic mass is 16.7. The molecule has 4 nitrogen and oxygen atoms in total. The third-order valence-electron chi connectivity index (χ3n) is 1.42. The van der Waals surface area contributed by atoms with Gasteiger partial charge in [0.1, 0.15) is 6.79 Å². The van der Waals surface area contributed by atoms with Crippen LogP contribution in [0.5, 0.6) is 0 Å². The molecule has 13 heavy (non-hydrogen) atoms. The van der Waals surface area contributed by atoms with E-state index in [1.165, 1.54) is 0 Å². The molecule has 0 unspecified atom stereocenters. The van der Waals surface area contributed by atoms with Gasteiger partial charge in [-0.3, -0.25) is 0 Å². The van der Waals surface area contributed by atoms with Gasteiger partial charge in [0, 0.05) is 6.61 Å². The van der Waals surface area contributed by atoms with Gasteiger partial charge in [0.05, 0.1) is 26.4 Å². The predicted octanol–water partition coefficient (Wildman–Crippen LogP) is 0.786. The molecule has 1 N–H and O–H groups in total. The molecule has 0 rings (SSSR count). The minimum atomic E-state index is 0.0381. The zero-order valence-electron chi connectivity index (χ0n) is 8.33. The van der Waals surface area contributed by atoms with Crippen LogP contribution in [0.1, 0.15) is 19.8 Å². The molecule has 4 heteroatoms. The quantitative estimate of drug-likeness (QED) is 0.410. The lowest BCUT2D eigenvalue weighted by Gasteiger charge is -2.05. The summed E-state index contributed by atoms with van der Waals surface area (Å²) in [6.45, 7) is 4.70. The summed E-state index contributed by atoms with van der Waals surface area (Å²) in [5.41, 5.74) is 0. The number of hydrogen-bond donors (Lipinski definition) is 1. The van der Waals surface area contributed by atoms with Crippen LogP contribution in [0.15, 0.2) is 0 Å². The van der Waals surface area contributed by atoms with Crippen molar-refractivity contribution in [2.24, 2.45) is 0 Å². The summed E-state index contributed by atoms with van der Waals surface area (Å²) < 4.78 is 15.2. The van der Waals surface area contributed by atoms with Crippen LogP contribution in [-0.4, -0.2) is 44.9 Å². The van der Waals surface area contributed by atoms with Gasteiger partial charge in [0.2, 0.25) is 0 Å². The molecule has 0 saturated carbocycles. The number of rotatable bonds is 10. The Hall–Kier alpha value is -0.160. The van der Waals surface area contributed by atoms with Gasteiger partial charge in [0.25, 0.3) is 0 Å². The van der Waals surface area contributed by atoms with Crippen molar-refractivity contribution < 1.29 is 19.3 Å². The maximum atomic E-state index is 8.36. The third kappa shape index (κ3) is 11.8. The number of ether oxygens (including phenoxy) is 3. The topological polar surface area (TPSA) is 47.9 Å². The van der Waals surface area contributed by atoms with Crippen LogP contribution < -0.4 is 0 Å². The van der Waals surface area contributed by atoms with Gasteiger partial charge < -0.3 is 19.3 Å². The summed E-state index contributed by atoms with van der Waals surface area (Å²) in [6, 6.07) is 0. The molecule has 0 aliphatic rings. The van der Waals surface area contributed by atoms with E-state index in [4.69, 9.17) is 19.3 Å². The number of hydrogen-bond acceptors (Lipinski definition) is 4. The fourth-order valence-corrected chi connectivity index (χ4v) is 0.708. The summed E-state index contributed by atoms with van der Waals surface area (Å²) in [5.74, 6) is 0. The fraction of sp³-hybridized carbons (Fsp3) is 1.00. The average molecular weight is 192 g/mol. The molecular formula is C9H20O4. The van der Waals surface area contributed by atoms with E-state index in [1.54, 1.807) is 0 Å². The molecule has 0 aromatic rings. The Bertz CT molecular complexity index is 77.7. The zero-order chi connectivity index (χ0) is 9.78. The second kappa shape index (κ2) is 11.8. The second-order valence-corrected chi connectivity index (χ2v) is 2.62. The van der Waals surface area contributed by atoms with Crippen molar-refractivity contribution >= 4 is 0 Å². The molecule has 0 fully saturated rings. The van der Waals surface area contributed by atoms with Crippen molar-refractivity contribution in [3.8, 4) is 0 Å². The predicted molar refractivity (Wildman–Crippen MR) is 49.6 cm³/mol. The van der Waals surface area contributed by atoms with E-state index in [0.717, 1.165) is 19.4 Å². The Morgan fingerprint density at radius 1 is 0.923 bits per heavy atom. The van der Waals surface area contributed by atoms with Gasteiger partial charge in [0.15, 0.2) is 0 Å². The lowest BCUT2D eigenvalue weighted by molar-refractivity contribution is -0.0760. The van der Waals surface area contributed by atoms with Gasteiger partial charge >= 0.3 is 0 Å². The molecule has 0 atom stereocenters. The normalized spacial score (nSPS) is 10.6. The van der Waals surface area contributed by atoms with Crippen LogP contribution >= 0.6 is 0 Å². The zero-order valence-corrected chi connectivity index (χ0v) is 8.33. The molecule has 0 aliphatic carbocycles. The molecule has 80 valence electrons. The Balaban J connectivity index is 2.76. The Labute approximate surface area is 79.8 Å². The second-order valence-electron chi connectivity index (χ2n) is 2.62. The summed E-state index contributed by atoms with van der Waals surface area (Å²) in [6.07, 6.45) is 2.25. The van der Waals surface area contributed by atoms with Crippen molar-refractivity contribution in [2.75, 3.05) is 39.8 Å². The Morgan fingerprint density at radius 3 is 2.31 bits per heavy atom. The van der Waals surface area contributed by atoms with Gasteiger partial charge in [-0.1, -0.05) is 13.3 Å². The van der Waals surface area contributed by atoms with E-state index >= 15 is 0 Å². The molecule has 0 aliphatic heterocycles. The number of aliphatic hydroxyl groups excluding tert-OH is 1. The van der Waals surface area contributed by atoms with Crippen molar-refractivity contribution in [3.05, 3.63) is 0 Å². The highest BCUT2D eigenvalue weighted by molar-refractivity contribution is 4.32. The first-order valence-corrected chi connectivity index (χ1v) is 4.76. The van der Waals surface area contributed by atoms with Crippen LogP contribution in [-0.2, 0) is 14.2 Å². The summed E-state index contributed by atoms with van der Waals surface area (Å²) >= 11 is 0. The Morgan fingerprint density at radius 2 is 1.62 bits per heavy atom. The molecule has 0 aromatic carbocycles.